The Balaban J connectivity index is 2.09. The zero-order valence-corrected chi connectivity index (χ0v) is 13.5. The molecule has 0 aliphatic rings. The van der Waals surface area contributed by atoms with Crippen molar-refractivity contribution >= 4 is 34.0 Å². The molecule has 1 aromatic carbocycles. The molecule has 0 bridgehead atoms. The summed E-state index contributed by atoms with van der Waals surface area (Å²) in [7, 11) is 0. The number of hydrogen-bond donors (Lipinski definition) is 0. The first kappa shape index (κ1) is 14.5. The van der Waals surface area contributed by atoms with Crippen molar-refractivity contribution in [3.63, 3.8) is 0 Å². The van der Waals surface area contributed by atoms with Gasteiger partial charge in [-0.15, -0.1) is 22.9 Å². The largest absolute Gasteiger partial charge is 0.321 e. The fourth-order valence-corrected chi connectivity index (χ4v) is 3.55. The van der Waals surface area contributed by atoms with Crippen LogP contribution in [0.1, 0.15) is 34.8 Å². The zero-order chi connectivity index (χ0) is 15.0. The third-order valence-electron chi connectivity index (χ3n) is 3.48. The molecule has 3 aromatic rings. The molecule has 0 aliphatic carbocycles. The Morgan fingerprint density at radius 2 is 2.05 bits per heavy atom. The molecule has 2 nitrogen and oxygen atoms in total. The summed E-state index contributed by atoms with van der Waals surface area (Å²) in [5.74, 6) is 0.529. The molecule has 0 aliphatic heterocycles. The highest BCUT2D eigenvalue weighted by molar-refractivity contribution is 7.11. The lowest BCUT2D eigenvalue weighted by atomic mass is 10.3. The van der Waals surface area contributed by atoms with Gasteiger partial charge >= 0.3 is 0 Å². The van der Waals surface area contributed by atoms with Gasteiger partial charge in [-0.3, -0.25) is 0 Å². The highest BCUT2D eigenvalue weighted by Gasteiger charge is 2.16. The maximum atomic E-state index is 13.6. The second kappa shape index (κ2) is 5.78. The van der Waals surface area contributed by atoms with Crippen LogP contribution in [0.3, 0.4) is 0 Å². The van der Waals surface area contributed by atoms with Gasteiger partial charge in [-0.2, -0.15) is 0 Å². The Morgan fingerprint density at radius 1 is 1.29 bits per heavy atom. The number of aromatic nitrogens is 2. The van der Waals surface area contributed by atoms with E-state index in [4.69, 9.17) is 11.6 Å². The number of benzene rings is 1. The van der Waals surface area contributed by atoms with Gasteiger partial charge in [0.1, 0.15) is 11.6 Å². The molecule has 0 radical (unpaired) electrons. The van der Waals surface area contributed by atoms with Crippen LogP contribution >= 0.6 is 22.9 Å². The van der Waals surface area contributed by atoms with E-state index < -0.39 is 0 Å². The van der Waals surface area contributed by atoms with Crippen molar-refractivity contribution in [1.82, 2.24) is 9.55 Å². The standard InChI is InChI=1S/C16H16ClFN2S/c1-3-12-5-6-13(21-12)9-20-15-8-11(18)4-7-14(15)19-16(20)10(2)17/h4-8,10H,3,9H2,1-2H3. The van der Waals surface area contributed by atoms with Crippen LogP contribution in [0.25, 0.3) is 11.0 Å². The van der Waals surface area contributed by atoms with E-state index in [9.17, 15) is 4.39 Å². The number of rotatable bonds is 4. The lowest BCUT2D eigenvalue weighted by Gasteiger charge is -2.09. The number of aryl methyl sites for hydroxylation is 1. The maximum absolute atomic E-state index is 13.6. The van der Waals surface area contributed by atoms with Crippen molar-refractivity contribution in [3.8, 4) is 0 Å². The highest BCUT2D eigenvalue weighted by atomic mass is 35.5. The van der Waals surface area contributed by atoms with Crippen molar-refractivity contribution in [2.75, 3.05) is 0 Å². The molecular weight excluding hydrogens is 307 g/mol. The molecule has 2 heterocycles. The summed E-state index contributed by atoms with van der Waals surface area (Å²) in [6, 6.07) is 8.93. The molecular formula is C16H16ClFN2S. The summed E-state index contributed by atoms with van der Waals surface area (Å²) in [5, 5.41) is -0.217. The molecule has 1 atom stereocenters. The summed E-state index contributed by atoms with van der Waals surface area (Å²) in [6.45, 7) is 4.71. The topological polar surface area (TPSA) is 17.8 Å². The minimum atomic E-state index is -0.252. The summed E-state index contributed by atoms with van der Waals surface area (Å²) >= 11 is 8.02. The Morgan fingerprint density at radius 3 is 2.71 bits per heavy atom. The average Bonchev–Trinajstić information content (AvgIpc) is 3.04. The second-order valence-corrected chi connectivity index (χ2v) is 6.93. The van der Waals surface area contributed by atoms with Crippen molar-refractivity contribution in [2.24, 2.45) is 0 Å². The van der Waals surface area contributed by atoms with E-state index in [1.54, 1.807) is 17.4 Å². The smallest absolute Gasteiger partial charge is 0.128 e. The van der Waals surface area contributed by atoms with Gasteiger partial charge in [0.05, 0.1) is 23.0 Å². The molecule has 0 amide bonds. The van der Waals surface area contributed by atoms with Gasteiger partial charge in [-0.1, -0.05) is 6.92 Å². The number of alkyl halides is 1. The van der Waals surface area contributed by atoms with Crippen molar-refractivity contribution < 1.29 is 4.39 Å². The van der Waals surface area contributed by atoms with Crippen LogP contribution in [0, 0.1) is 5.82 Å². The monoisotopic (exact) mass is 322 g/mol. The first-order valence-electron chi connectivity index (χ1n) is 6.96. The van der Waals surface area contributed by atoms with Gasteiger partial charge in [0.25, 0.3) is 0 Å². The van der Waals surface area contributed by atoms with Crippen LogP contribution in [0.5, 0.6) is 0 Å². The summed E-state index contributed by atoms with van der Waals surface area (Å²) in [6.07, 6.45) is 1.03. The molecule has 5 heteroatoms. The van der Waals surface area contributed by atoms with Gasteiger partial charge in [0.2, 0.25) is 0 Å². The normalized spacial score (nSPS) is 13.0. The maximum Gasteiger partial charge on any atom is 0.128 e. The molecule has 0 saturated heterocycles. The highest BCUT2D eigenvalue weighted by Crippen LogP contribution is 2.27. The Hall–Kier alpha value is -1.39. The molecule has 21 heavy (non-hydrogen) atoms. The first-order valence-corrected chi connectivity index (χ1v) is 8.21. The minimum Gasteiger partial charge on any atom is -0.321 e. The van der Waals surface area contributed by atoms with E-state index in [-0.39, 0.29) is 11.2 Å². The van der Waals surface area contributed by atoms with Crippen LogP contribution in [-0.4, -0.2) is 9.55 Å². The Kier molecular flexibility index (Phi) is 4.00. The second-order valence-electron chi connectivity index (χ2n) is 5.03. The van der Waals surface area contributed by atoms with E-state index >= 15 is 0 Å². The molecule has 0 spiro atoms. The first-order chi connectivity index (χ1) is 10.1. The third-order valence-corrected chi connectivity index (χ3v) is 4.88. The summed E-state index contributed by atoms with van der Waals surface area (Å²) in [5.41, 5.74) is 1.58. The van der Waals surface area contributed by atoms with Gasteiger partial charge in [-0.25, -0.2) is 9.37 Å². The number of hydrogen-bond acceptors (Lipinski definition) is 2. The quantitative estimate of drug-likeness (QED) is 0.607. The predicted molar refractivity (Wildman–Crippen MR) is 86.8 cm³/mol. The van der Waals surface area contributed by atoms with E-state index in [0.717, 1.165) is 23.3 Å². The van der Waals surface area contributed by atoms with E-state index in [0.29, 0.717) is 6.54 Å². The van der Waals surface area contributed by atoms with E-state index in [1.807, 2.05) is 11.5 Å². The lowest BCUT2D eigenvalue weighted by molar-refractivity contribution is 0.628. The third kappa shape index (κ3) is 2.83. The van der Waals surface area contributed by atoms with Crippen molar-refractivity contribution in [3.05, 3.63) is 51.7 Å². The van der Waals surface area contributed by atoms with E-state index in [2.05, 4.69) is 24.0 Å². The van der Waals surface area contributed by atoms with Gasteiger partial charge < -0.3 is 4.57 Å². The fraction of sp³-hybridized carbons (Fsp3) is 0.312. The molecule has 1 unspecified atom stereocenters. The number of imidazole rings is 1. The molecule has 0 fully saturated rings. The van der Waals surface area contributed by atoms with Crippen molar-refractivity contribution in [1.29, 1.82) is 0 Å². The molecule has 0 saturated carbocycles. The summed E-state index contributed by atoms with van der Waals surface area (Å²) in [4.78, 5) is 7.12. The fourth-order valence-electron chi connectivity index (χ4n) is 2.44. The minimum absolute atomic E-state index is 0.217. The lowest BCUT2D eigenvalue weighted by Crippen LogP contribution is -2.04. The number of nitrogens with zero attached hydrogens (tertiary/aromatic N) is 2. The Labute approximate surface area is 132 Å². The Bertz CT molecular complexity index is 776. The van der Waals surface area contributed by atoms with Gasteiger partial charge in [0, 0.05) is 9.75 Å². The summed E-state index contributed by atoms with van der Waals surface area (Å²) < 4.78 is 15.6. The molecule has 2 aromatic heterocycles. The molecule has 0 N–H and O–H groups in total. The van der Waals surface area contributed by atoms with Crippen LogP contribution in [0.2, 0.25) is 0 Å². The number of thiophene rings is 1. The van der Waals surface area contributed by atoms with Crippen molar-refractivity contribution in [2.45, 2.75) is 32.2 Å². The zero-order valence-electron chi connectivity index (χ0n) is 11.9. The van der Waals surface area contributed by atoms with Gasteiger partial charge in [-0.05, 0) is 43.7 Å². The number of fused-ring (bicyclic) bond motifs is 1. The van der Waals surface area contributed by atoms with Crippen LogP contribution < -0.4 is 0 Å². The van der Waals surface area contributed by atoms with Crippen LogP contribution in [-0.2, 0) is 13.0 Å². The van der Waals surface area contributed by atoms with Crippen LogP contribution in [0.15, 0.2) is 30.3 Å². The van der Waals surface area contributed by atoms with E-state index in [1.165, 1.54) is 21.9 Å². The predicted octanol–water partition coefficient (Wildman–Crippen LogP) is 5.15. The molecule has 3 rings (SSSR count). The van der Waals surface area contributed by atoms with Gasteiger partial charge in [0.15, 0.2) is 0 Å². The SMILES string of the molecule is CCc1ccc(Cn2c(C(C)Cl)nc3ccc(F)cc32)s1. The van der Waals surface area contributed by atoms with Crippen LogP contribution in [0.4, 0.5) is 4.39 Å². The average molecular weight is 323 g/mol. The molecule has 110 valence electrons. The number of halogens is 2.